The number of nitrogens with one attached hydrogen (secondary N) is 2. The second-order valence-corrected chi connectivity index (χ2v) is 10.6. The summed E-state index contributed by atoms with van der Waals surface area (Å²) in [7, 11) is 0. The molecule has 3 aliphatic carbocycles. The van der Waals surface area contributed by atoms with Crippen molar-refractivity contribution < 1.29 is 14.9 Å². The maximum Gasteiger partial charge on any atom is 0.384 e. The SMILES string of the molecule is C/C=C1\CCCc2c(C)ccc(C(=O)[O-])c21.CC(C)=NC(NC1CCCCC1)=[NH+]C1CCCCC1. The molecule has 0 aromatic heterocycles. The van der Waals surface area contributed by atoms with E-state index in [2.05, 4.69) is 29.1 Å². The summed E-state index contributed by atoms with van der Waals surface area (Å²) in [5.74, 6) is -0.0451. The van der Waals surface area contributed by atoms with Crippen LogP contribution in [0, 0.1) is 6.92 Å². The van der Waals surface area contributed by atoms with E-state index in [0.29, 0.717) is 17.6 Å². The first-order chi connectivity index (χ1) is 16.9. The highest BCUT2D eigenvalue weighted by atomic mass is 16.4. The molecule has 0 saturated heterocycles. The molecule has 35 heavy (non-hydrogen) atoms. The molecule has 0 spiro atoms. The van der Waals surface area contributed by atoms with Crippen LogP contribution in [0.25, 0.3) is 5.57 Å². The average Bonchev–Trinajstić information content (AvgIpc) is 2.85. The molecule has 0 bridgehead atoms. The fourth-order valence-corrected chi connectivity index (χ4v) is 5.69. The maximum absolute atomic E-state index is 11.1. The van der Waals surface area contributed by atoms with Crippen LogP contribution in [0.2, 0.25) is 0 Å². The van der Waals surface area contributed by atoms with Crippen LogP contribution in [-0.2, 0) is 6.42 Å². The number of carboxylic acid groups (broad SMARTS) is 1. The van der Waals surface area contributed by atoms with Gasteiger partial charge in [-0.15, -0.1) is 0 Å². The van der Waals surface area contributed by atoms with Crippen molar-refractivity contribution in [2.45, 2.75) is 123 Å². The molecule has 2 fully saturated rings. The van der Waals surface area contributed by atoms with Gasteiger partial charge in [-0.2, -0.15) is 0 Å². The highest BCUT2D eigenvalue weighted by molar-refractivity contribution is 5.94. The molecule has 1 aromatic carbocycles. The standard InChI is InChI=1S/C16H29N3.C14H16O2/c1-13(2)17-16(18-14-9-5-3-6-10-14)19-15-11-7-4-8-12-15;1-3-10-5-4-6-11-9(2)7-8-12(13(10)11)14(15)16/h14-15H,3-12H2,1-2H3,(H,18,19);3,7-8H,4-6H2,1-2H3,(H,15,16)/b;10-3+. The zero-order valence-electron chi connectivity index (χ0n) is 22.3. The smallest absolute Gasteiger partial charge is 0.384 e. The number of aryl methyl sites for hydroxylation is 1. The van der Waals surface area contributed by atoms with Crippen LogP contribution in [0.4, 0.5) is 0 Å². The highest BCUT2D eigenvalue weighted by Crippen LogP contribution is 2.35. The molecular formula is C30H45N3O2. The summed E-state index contributed by atoms with van der Waals surface area (Å²) < 4.78 is 0. The van der Waals surface area contributed by atoms with Gasteiger partial charge in [0.1, 0.15) is 0 Å². The van der Waals surface area contributed by atoms with Gasteiger partial charge in [0.15, 0.2) is 0 Å². The molecule has 1 aromatic rings. The molecule has 0 heterocycles. The third-order valence-electron chi connectivity index (χ3n) is 7.54. The van der Waals surface area contributed by atoms with Gasteiger partial charge in [0, 0.05) is 5.56 Å². The van der Waals surface area contributed by atoms with Crippen molar-refractivity contribution in [3.63, 3.8) is 0 Å². The normalized spacial score (nSPS) is 20.5. The monoisotopic (exact) mass is 479 g/mol. The first kappa shape index (κ1) is 27.2. The molecule has 2 N–H and O–H groups in total. The number of carbonyl (C=O) groups excluding carboxylic acids is 1. The minimum atomic E-state index is -1.07. The largest absolute Gasteiger partial charge is 0.545 e. The Morgan fingerprint density at radius 3 is 2.26 bits per heavy atom. The number of allylic oxidation sites excluding steroid dienone is 2. The van der Waals surface area contributed by atoms with Crippen LogP contribution in [-0.4, -0.2) is 29.7 Å². The summed E-state index contributed by atoms with van der Waals surface area (Å²) in [5.41, 5.74) is 5.88. The summed E-state index contributed by atoms with van der Waals surface area (Å²) in [4.78, 5) is 19.4. The molecule has 0 amide bonds. The lowest BCUT2D eigenvalue weighted by Crippen LogP contribution is -2.82. The minimum absolute atomic E-state index is 0.341. The Hall–Kier alpha value is -2.43. The van der Waals surface area contributed by atoms with E-state index in [1.807, 2.05) is 26.0 Å². The lowest BCUT2D eigenvalue weighted by atomic mass is 9.82. The zero-order chi connectivity index (χ0) is 25.2. The maximum atomic E-state index is 11.1. The first-order valence-electron chi connectivity index (χ1n) is 13.8. The Bertz CT molecular complexity index is 945. The van der Waals surface area contributed by atoms with Crippen LogP contribution in [0.1, 0.15) is 125 Å². The third kappa shape index (κ3) is 8.05. The van der Waals surface area contributed by atoms with E-state index < -0.39 is 5.97 Å². The van der Waals surface area contributed by atoms with Gasteiger partial charge in [0.25, 0.3) is 0 Å². The van der Waals surface area contributed by atoms with Crippen LogP contribution in [0.15, 0.2) is 23.2 Å². The number of guanidine groups is 1. The van der Waals surface area contributed by atoms with Crippen molar-refractivity contribution in [1.29, 1.82) is 0 Å². The fraction of sp³-hybridized carbons (Fsp3) is 0.633. The van der Waals surface area contributed by atoms with Crippen molar-refractivity contribution in [2.75, 3.05) is 0 Å². The molecule has 3 aliphatic rings. The van der Waals surface area contributed by atoms with Crippen molar-refractivity contribution in [2.24, 2.45) is 4.99 Å². The second-order valence-electron chi connectivity index (χ2n) is 10.6. The fourth-order valence-electron chi connectivity index (χ4n) is 5.69. The lowest BCUT2D eigenvalue weighted by Gasteiger charge is -2.24. The lowest BCUT2D eigenvalue weighted by molar-refractivity contribution is -0.510. The summed E-state index contributed by atoms with van der Waals surface area (Å²) in [6.07, 6.45) is 18.5. The Morgan fingerprint density at radius 2 is 1.66 bits per heavy atom. The van der Waals surface area contributed by atoms with Crippen molar-refractivity contribution >= 4 is 23.2 Å². The predicted molar refractivity (Wildman–Crippen MR) is 144 cm³/mol. The van der Waals surface area contributed by atoms with Crippen LogP contribution < -0.4 is 15.4 Å². The molecule has 5 heteroatoms. The van der Waals surface area contributed by atoms with Crippen LogP contribution in [0.5, 0.6) is 0 Å². The Labute approximate surface area is 212 Å². The number of aliphatic imine (C=N–C) groups is 1. The van der Waals surface area contributed by atoms with E-state index in [0.717, 1.165) is 42.1 Å². The minimum Gasteiger partial charge on any atom is -0.545 e. The van der Waals surface area contributed by atoms with Gasteiger partial charge < -0.3 is 9.90 Å². The van der Waals surface area contributed by atoms with Gasteiger partial charge in [-0.25, -0.2) is 0 Å². The van der Waals surface area contributed by atoms with E-state index in [9.17, 15) is 9.90 Å². The van der Waals surface area contributed by atoms with Crippen LogP contribution >= 0.6 is 0 Å². The molecule has 192 valence electrons. The summed E-state index contributed by atoms with van der Waals surface area (Å²) >= 11 is 0. The van der Waals surface area contributed by atoms with Gasteiger partial charge in [-0.05, 0) is 94.9 Å². The Balaban J connectivity index is 0.000000198. The van der Waals surface area contributed by atoms with E-state index in [-0.39, 0.29) is 0 Å². The van der Waals surface area contributed by atoms with Gasteiger partial charge in [0.2, 0.25) is 0 Å². The molecule has 2 saturated carbocycles. The quantitative estimate of drug-likeness (QED) is 0.502. The molecule has 0 atom stereocenters. The Kier molecular flexibility index (Phi) is 10.6. The number of benzene rings is 1. The molecule has 4 rings (SSSR count). The molecular weight excluding hydrogens is 434 g/mol. The summed E-state index contributed by atoms with van der Waals surface area (Å²) in [6.45, 7) is 8.15. The number of rotatable bonds is 3. The molecule has 0 unspecified atom stereocenters. The molecule has 5 nitrogen and oxygen atoms in total. The van der Waals surface area contributed by atoms with Gasteiger partial charge in [-0.3, -0.25) is 10.3 Å². The van der Waals surface area contributed by atoms with E-state index in [1.54, 1.807) is 6.07 Å². The van der Waals surface area contributed by atoms with Crippen molar-refractivity contribution in [3.8, 4) is 0 Å². The number of fused-ring (bicyclic) bond motifs is 1. The number of carbonyl (C=O) groups is 1. The van der Waals surface area contributed by atoms with Crippen molar-refractivity contribution in [3.05, 3.63) is 40.5 Å². The van der Waals surface area contributed by atoms with E-state index >= 15 is 0 Å². The van der Waals surface area contributed by atoms with Gasteiger partial charge in [0.05, 0.1) is 23.8 Å². The predicted octanol–water partition coefficient (Wildman–Crippen LogP) is 4.26. The van der Waals surface area contributed by atoms with Crippen LogP contribution in [0.3, 0.4) is 0 Å². The topological polar surface area (TPSA) is 78.5 Å². The van der Waals surface area contributed by atoms with Gasteiger partial charge >= 0.3 is 5.96 Å². The second kappa shape index (κ2) is 13.6. The number of hydrogen-bond donors (Lipinski definition) is 2. The number of hydrogen-bond acceptors (Lipinski definition) is 2. The molecule has 0 aliphatic heterocycles. The zero-order valence-corrected chi connectivity index (χ0v) is 22.3. The summed E-state index contributed by atoms with van der Waals surface area (Å²) in [5, 5.41) is 14.8. The molecule has 0 radical (unpaired) electrons. The summed E-state index contributed by atoms with van der Waals surface area (Å²) in [6, 6.07) is 4.80. The number of aromatic carboxylic acids is 1. The van der Waals surface area contributed by atoms with E-state index in [4.69, 9.17) is 0 Å². The number of carboxylic acids is 1. The van der Waals surface area contributed by atoms with Crippen molar-refractivity contribution in [1.82, 2.24) is 5.32 Å². The first-order valence-corrected chi connectivity index (χ1v) is 13.8. The Morgan fingerprint density at radius 1 is 1.00 bits per heavy atom. The third-order valence-corrected chi connectivity index (χ3v) is 7.54. The number of nitrogens with zero attached hydrogens (tertiary/aromatic N) is 1. The average molecular weight is 480 g/mol. The highest BCUT2D eigenvalue weighted by Gasteiger charge is 2.22. The van der Waals surface area contributed by atoms with Gasteiger partial charge in [-0.1, -0.05) is 61.7 Å². The van der Waals surface area contributed by atoms with E-state index in [1.165, 1.54) is 75.3 Å².